The highest BCUT2D eigenvalue weighted by Crippen LogP contribution is 2.38. The van der Waals surface area contributed by atoms with Crippen molar-refractivity contribution in [1.29, 1.82) is 0 Å². The molecule has 1 heterocycles. The van der Waals surface area contributed by atoms with Crippen molar-refractivity contribution in [3.8, 4) is 0 Å². The molecule has 0 aliphatic carbocycles. The highest BCUT2D eigenvalue weighted by Gasteiger charge is 2.29. The van der Waals surface area contributed by atoms with Gasteiger partial charge in [-0.1, -0.05) is 26.8 Å². The molecule has 2 atom stereocenters. The molecule has 5 nitrogen and oxygen atoms in total. The molecule has 1 aromatic rings. The molecule has 0 saturated carbocycles. The van der Waals surface area contributed by atoms with Gasteiger partial charge in [-0.05, 0) is 18.6 Å². The molecule has 6 heteroatoms. The first-order valence-corrected chi connectivity index (χ1v) is 8.38. The maximum absolute atomic E-state index is 11.5. The Morgan fingerprint density at radius 1 is 1.38 bits per heavy atom. The normalized spacial score (nSPS) is 22.1. The van der Waals surface area contributed by atoms with E-state index in [1.54, 1.807) is 6.07 Å². The average Bonchev–Trinajstić information content (AvgIpc) is 2.43. The van der Waals surface area contributed by atoms with Gasteiger partial charge in [0.2, 0.25) is 0 Å². The topological polar surface area (TPSA) is 58.4 Å². The van der Waals surface area contributed by atoms with Crippen molar-refractivity contribution < 1.29 is 4.92 Å². The van der Waals surface area contributed by atoms with E-state index in [0.717, 1.165) is 31.7 Å². The van der Waals surface area contributed by atoms with E-state index in [9.17, 15) is 10.1 Å². The second-order valence-corrected chi connectivity index (χ2v) is 7.40. The lowest BCUT2D eigenvalue weighted by atomic mass is 10.2. The van der Waals surface area contributed by atoms with Crippen molar-refractivity contribution in [2.24, 2.45) is 0 Å². The quantitative estimate of drug-likeness (QED) is 0.663. The van der Waals surface area contributed by atoms with Crippen LogP contribution < -0.4 is 10.2 Å². The number of nitrogens with one attached hydrogen (secondary N) is 1. The van der Waals surface area contributed by atoms with Crippen molar-refractivity contribution in [2.75, 3.05) is 29.9 Å². The summed E-state index contributed by atoms with van der Waals surface area (Å²) in [5.74, 6) is 0. The maximum atomic E-state index is 11.5. The fourth-order valence-electron chi connectivity index (χ4n) is 2.76. The second kappa shape index (κ2) is 7.02. The maximum Gasteiger partial charge on any atom is 0.315 e. The van der Waals surface area contributed by atoms with Crippen molar-refractivity contribution in [1.82, 2.24) is 0 Å². The summed E-state index contributed by atoms with van der Waals surface area (Å²) in [6.07, 6.45) is 0.940. The van der Waals surface area contributed by atoms with Gasteiger partial charge in [0.25, 0.3) is 0 Å². The zero-order chi connectivity index (χ0) is 15.4. The molecule has 1 aromatic carbocycles. The number of para-hydroxylation sites is 1. The molecule has 1 fully saturated rings. The summed E-state index contributed by atoms with van der Waals surface area (Å²) in [5.41, 5.74) is 1.57. The summed E-state index contributed by atoms with van der Waals surface area (Å²) in [7, 11) is 0. The number of nitro benzene ring substituents is 1. The predicted molar refractivity (Wildman–Crippen MR) is 90.6 cm³/mol. The van der Waals surface area contributed by atoms with Crippen LogP contribution in [-0.2, 0) is 0 Å². The Hall–Kier alpha value is -1.43. The van der Waals surface area contributed by atoms with Crippen LogP contribution in [0.15, 0.2) is 18.2 Å². The summed E-state index contributed by atoms with van der Waals surface area (Å²) in [4.78, 5) is 13.4. The average molecular weight is 309 g/mol. The number of benzene rings is 1. The van der Waals surface area contributed by atoms with Gasteiger partial charge in [0.05, 0.1) is 4.92 Å². The number of nitrogens with zero attached hydrogens (tertiary/aromatic N) is 2. The smallest absolute Gasteiger partial charge is 0.315 e. The lowest BCUT2D eigenvalue weighted by molar-refractivity contribution is -0.383. The van der Waals surface area contributed by atoms with Gasteiger partial charge in [-0.25, -0.2) is 0 Å². The van der Waals surface area contributed by atoms with Crippen LogP contribution in [0.1, 0.15) is 27.2 Å². The Morgan fingerprint density at radius 3 is 2.62 bits per heavy atom. The Bertz CT molecular complexity index is 500. The summed E-state index contributed by atoms with van der Waals surface area (Å²) in [6, 6.07) is 5.56. The van der Waals surface area contributed by atoms with Crippen LogP contribution in [0.2, 0.25) is 0 Å². The monoisotopic (exact) mass is 309 g/mol. The third kappa shape index (κ3) is 3.81. The molecule has 1 aliphatic rings. The molecule has 21 heavy (non-hydrogen) atoms. The van der Waals surface area contributed by atoms with E-state index in [2.05, 4.69) is 24.1 Å². The molecule has 1 aliphatic heterocycles. The fraction of sp³-hybridized carbons (Fsp3) is 0.600. The zero-order valence-electron chi connectivity index (χ0n) is 12.8. The molecular weight excluding hydrogens is 286 g/mol. The van der Waals surface area contributed by atoms with E-state index in [-0.39, 0.29) is 10.6 Å². The van der Waals surface area contributed by atoms with E-state index in [0.29, 0.717) is 16.2 Å². The lowest BCUT2D eigenvalue weighted by Crippen LogP contribution is -2.40. The molecule has 0 spiro atoms. The van der Waals surface area contributed by atoms with Crippen molar-refractivity contribution >= 4 is 28.8 Å². The van der Waals surface area contributed by atoms with Crippen LogP contribution in [0.4, 0.5) is 17.1 Å². The first-order valence-electron chi connectivity index (χ1n) is 7.44. The predicted octanol–water partition coefficient (Wildman–Crippen LogP) is 3.75. The molecule has 2 rings (SSSR count). The summed E-state index contributed by atoms with van der Waals surface area (Å²) in [5, 5.41) is 15.7. The van der Waals surface area contributed by atoms with Crippen LogP contribution >= 0.6 is 11.8 Å². The van der Waals surface area contributed by atoms with E-state index in [4.69, 9.17) is 0 Å². The number of nitro groups is 1. The minimum Gasteiger partial charge on any atom is -0.379 e. The van der Waals surface area contributed by atoms with E-state index in [1.165, 1.54) is 0 Å². The molecule has 0 aromatic heterocycles. The van der Waals surface area contributed by atoms with E-state index < -0.39 is 0 Å². The molecule has 2 unspecified atom stereocenters. The SMILES string of the molecule is CCCNc1cccc(N2CC(C)SC(C)C2)c1[N+](=O)[O-]. The molecular formula is C15H23N3O2S. The summed E-state index contributed by atoms with van der Waals surface area (Å²) < 4.78 is 0. The molecule has 116 valence electrons. The van der Waals surface area contributed by atoms with Gasteiger partial charge < -0.3 is 10.2 Å². The molecule has 0 bridgehead atoms. The van der Waals surface area contributed by atoms with Crippen LogP contribution in [0, 0.1) is 10.1 Å². The number of anilines is 2. The zero-order valence-corrected chi connectivity index (χ0v) is 13.7. The molecule has 0 radical (unpaired) electrons. The Morgan fingerprint density at radius 2 is 2.05 bits per heavy atom. The molecule has 1 saturated heterocycles. The van der Waals surface area contributed by atoms with E-state index >= 15 is 0 Å². The van der Waals surface area contributed by atoms with Crippen LogP contribution in [0.25, 0.3) is 0 Å². The van der Waals surface area contributed by atoms with Gasteiger partial charge >= 0.3 is 5.69 Å². The lowest BCUT2D eigenvalue weighted by Gasteiger charge is -2.36. The molecule has 1 N–H and O–H groups in total. The second-order valence-electron chi connectivity index (χ2n) is 5.52. The first-order chi connectivity index (χ1) is 10.0. The van der Waals surface area contributed by atoms with Crippen molar-refractivity contribution in [3.63, 3.8) is 0 Å². The van der Waals surface area contributed by atoms with E-state index in [1.807, 2.05) is 30.8 Å². The summed E-state index contributed by atoms with van der Waals surface area (Å²) in [6.45, 7) is 8.86. The molecule has 0 amide bonds. The highest BCUT2D eigenvalue weighted by molar-refractivity contribution is 8.00. The van der Waals surface area contributed by atoms with Gasteiger partial charge in [0.1, 0.15) is 11.4 Å². The number of thioether (sulfide) groups is 1. The minimum atomic E-state index is -0.260. The third-order valence-corrected chi connectivity index (χ3v) is 4.75. The third-order valence-electron chi connectivity index (χ3n) is 3.52. The number of hydrogen-bond acceptors (Lipinski definition) is 5. The number of rotatable bonds is 5. The fourth-order valence-corrected chi connectivity index (χ4v) is 4.08. The highest BCUT2D eigenvalue weighted by atomic mass is 32.2. The Balaban J connectivity index is 2.35. The van der Waals surface area contributed by atoms with Crippen molar-refractivity contribution in [2.45, 2.75) is 37.7 Å². The van der Waals surface area contributed by atoms with Gasteiger partial charge in [0, 0.05) is 30.1 Å². The first kappa shape index (κ1) is 15.9. The Labute approximate surface area is 130 Å². The standard InChI is InChI=1S/C15H23N3O2S/c1-4-8-16-13-6-5-7-14(15(13)18(19)20)17-9-11(2)21-12(3)10-17/h5-7,11-12,16H,4,8-10H2,1-3H3. The largest absolute Gasteiger partial charge is 0.379 e. The van der Waals surface area contributed by atoms with Crippen LogP contribution in [0.5, 0.6) is 0 Å². The number of hydrogen-bond donors (Lipinski definition) is 1. The van der Waals surface area contributed by atoms with Gasteiger partial charge in [-0.15, -0.1) is 0 Å². The van der Waals surface area contributed by atoms with Crippen LogP contribution in [-0.4, -0.2) is 35.1 Å². The van der Waals surface area contributed by atoms with Gasteiger partial charge in [-0.3, -0.25) is 10.1 Å². The summed E-state index contributed by atoms with van der Waals surface area (Å²) >= 11 is 1.94. The van der Waals surface area contributed by atoms with Gasteiger partial charge in [0.15, 0.2) is 0 Å². The van der Waals surface area contributed by atoms with Crippen molar-refractivity contribution in [3.05, 3.63) is 28.3 Å². The Kier molecular flexibility index (Phi) is 5.33. The minimum absolute atomic E-state index is 0.206. The van der Waals surface area contributed by atoms with Crippen LogP contribution in [0.3, 0.4) is 0 Å². The van der Waals surface area contributed by atoms with Gasteiger partial charge in [-0.2, -0.15) is 11.8 Å².